The van der Waals surface area contributed by atoms with Crippen LogP contribution in [0, 0.1) is 0 Å². The van der Waals surface area contributed by atoms with E-state index >= 15 is 0 Å². The first-order valence-corrected chi connectivity index (χ1v) is 14.4. The third-order valence-electron chi connectivity index (χ3n) is 6.96. The maximum atomic E-state index is 11.0. The van der Waals surface area contributed by atoms with Gasteiger partial charge in [-0.2, -0.15) is 8.42 Å². The van der Waals surface area contributed by atoms with Crippen LogP contribution in [0.4, 0.5) is 0 Å². The minimum atomic E-state index is -3.31. The number of benzene rings is 2. The molecule has 0 amide bonds. The van der Waals surface area contributed by atoms with Crippen molar-refractivity contribution in [3.63, 3.8) is 0 Å². The van der Waals surface area contributed by atoms with Gasteiger partial charge in [-0.3, -0.25) is 4.18 Å². The fourth-order valence-corrected chi connectivity index (χ4v) is 5.60. The van der Waals surface area contributed by atoms with E-state index in [1.165, 1.54) is 48.8 Å². The number of aryl methyl sites for hydroxylation is 1. The number of hydrogen-bond donors (Lipinski definition) is 0. The van der Waals surface area contributed by atoms with Crippen molar-refractivity contribution >= 4 is 10.1 Å². The van der Waals surface area contributed by atoms with Crippen molar-refractivity contribution < 1.29 is 22.1 Å². The molecular weight excluding hydrogens is 448 g/mol. The quantitative estimate of drug-likeness (QED) is 0.221. The van der Waals surface area contributed by atoms with Gasteiger partial charge in [0.25, 0.3) is 10.1 Å². The van der Waals surface area contributed by atoms with E-state index in [1.807, 2.05) is 0 Å². The van der Waals surface area contributed by atoms with Gasteiger partial charge in [0.15, 0.2) is 0 Å². The summed E-state index contributed by atoms with van der Waals surface area (Å²) in [6.45, 7) is 0.303. The normalized spacial score (nSPS) is 17.9. The van der Waals surface area contributed by atoms with E-state index in [4.69, 9.17) is 13.7 Å². The molecule has 0 spiro atoms. The summed E-state index contributed by atoms with van der Waals surface area (Å²) in [7, 11) is 0.144. The summed E-state index contributed by atoms with van der Waals surface area (Å²) in [5.41, 5.74) is 4.33. The van der Waals surface area contributed by atoms with Crippen LogP contribution in [-0.4, -0.2) is 35.5 Å². The Morgan fingerprint density at radius 1 is 0.824 bits per heavy atom. The Labute approximate surface area is 205 Å². The van der Waals surface area contributed by atoms with Gasteiger partial charge in [0, 0.05) is 0 Å². The number of fused-ring (bicyclic) bond motifs is 1. The van der Waals surface area contributed by atoms with Gasteiger partial charge in [-0.15, -0.1) is 0 Å². The Bertz CT molecular complexity index is 984. The van der Waals surface area contributed by atoms with Crippen molar-refractivity contribution in [1.82, 2.24) is 0 Å². The molecule has 188 valence electrons. The fourth-order valence-electron chi connectivity index (χ4n) is 5.18. The van der Waals surface area contributed by atoms with Crippen LogP contribution >= 0.6 is 0 Å². The van der Waals surface area contributed by atoms with E-state index in [0.29, 0.717) is 18.4 Å². The summed E-state index contributed by atoms with van der Waals surface area (Å²) in [6.07, 6.45) is 12.4. The molecule has 2 aromatic rings. The predicted octanol–water partition coefficient (Wildman–Crippen LogP) is 6.61. The molecule has 0 saturated heterocycles. The highest BCUT2D eigenvalue weighted by Crippen LogP contribution is 2.46. The Kier molecular flexibility index (Phi) is 10.3. The van der Waals surface area contributed by atoms with Gasteiger partial charge in [-0.1, -0.05) is 56.7 Å². The van der Waals surface area contributed by atoms with Crippen LogP contribution in [0.15, 0.2) is 42.5 Å². The highest BCUT2D eigenvalue weighted by Gasteiger charge is 2.30. The van der Waals surface area contributed by atoms with Gasteiger partial charge < -0.3 is 9.47 Å². The van der Waals surface area contributed by atoms with Crippen molar-refractivity contribution in [3.05, 3.63) is 59.2 Å². The average Bonchev–Trinajstić information content (AvgIpc) is 2.84. The van der Waals surface area contributed by atoms with Crippen LogP contribution in [0.25, 0.3) is 0 Å². The zero-order valence-electron chi connectivity index (χ0n) is 20.9. The van der Waals surface area contributed by atoms with Gasteiger partial charge in [-0.05, 0) is 78.5 Å². The highest BCUT2D eigenvalue weighted by atomic mass is 32.2. The van der Waals surface area contributed by atoms with Crippen LogP contribution in [0.2, 0.25) is 0 Å². The molecule has 0 N–H and O–H groups in total. The monoisotopic (exact) mass is 488 g/mol. The van der Waals surface area contributed by atoms with E-state index < -0.39 is 10.1 Å². The molecule has 6 heteroatoms. The molecule has 5 nitrogen and oxygen atoms in total. The van der Waals surface area contributed by atoms with Gasteiger partial charge in [0.05, 0.1) is 27.1 Å². The van der Waals surface area contributed by atoms with E-state index in [9.17, 15) is 8.42 Å². The van der Waals surface area contributed by atoms with Gasteiger partial charge in [-0.25, -0.2) is 0 Å². The SMILES string of the molecule is COc1ccc(C2CCc3cc(OC)ccc3C2CCCCCCCCCOS(C)(=O)=O)cc1. The number of ether oxygens (including phenoxy) is 2. The summed E-state index contributed by atoms with van der Waals surface area (Å²) in [4.78, 5) is 0. The second kappa shape index (κ2) is 13.1. The minimum Gasteiger partial charge on any atom is -0.497 e. The van der Waals surface area contributed by atoms with Crippen LogP contribution < -0.4 is 9.47 Å². The number of hydrogen-bond acceptors (Lipinski definition) is 5. The Morgan fingerprint density at radius 3 is 2.09 bits per heavy atom. The average molecular weight is 489 g/mol. The minimum absolute atomic E-state index is 0.303. The first kappa shape index (κ1) is 26.6. The van der Waals surface area contributed by atoms with E-state index in [0.717, 1.165) is 49.9 Å². The molecule has 2 aromatic carbocycles. The molecule has 0 radical (unpaired) electrons. The Morgan fingerprint density at radius 2 is 1.44 bits per heavy atom. The molecule has 2 unspecified atom stereocenters. The summed E-state index contributed by atoms with van der Waals surface area (Å²) in [5, 5.41) is 0. The molecule has 1 aliphatic rings. The summed E-state index contributed by atoms with van der Waals surface area (Å²) in [5.74, 6) is 2.91. The first-order chi connectivity index (χ1) is 16.4. The van der Waals surface area contributed by atoms with Crippen LogP contribution in [0.1, 0.15) is 86.3 Å². The topological polar surface area (TPSA) is 61.8 Å². The van der Waals surface area contributed by atoms with Crippen LogP contribution in [0.3, 0.4) is 0 Å². The van der Waals surface area contributed by atoms with Crippen molar-refractivity contribution in [3.8, 4) is 11.5 Å². The second-order valence-electron chi connectivity index (χ2n) is 9.38. The molecular formula is C28H40O5S. The summed E-state index contributed by atoms with van der Waals surface area (Å²) >= 11 is 0. The molecule has 0 bridgehead atoms. The lowest BCUT2D eigenvalue weighted by atomic mass is 9.70. The third-order valence-corrected chi connectivity index (χ3v) is 7.56. The van der Waals surface area contributed by atoms with Gasteiger partial charge >= 0.3 is 0 Å². The van der Waals surface area contributed by atoms with Gasteiger partial charge in [0.1, 0.15) is 11.5 Å². The maximum Gasteiger partial charge on any atom is 0.264 e. The largest absolute Gasteiger partial charge is 0.497 e. The molecule has 0 fully saturated rings. The molecule has 34 heavy (non-hydrogen) atoms. The lowest BCUT2D eigenvalue weighted by Crippen LogP contribution is -2.19. The van der Waals surface area contributed by atoms with E-state index in [-0.39, 0.29) is 0 Å². The Hall–Kier alpha value is -2.05. The van der Waals surface area contributed by atoms with E-state index in [2.05, 4.69) is 42.5 Å². The second-order valence-corrected chi connectivity index (χ2v) is 11.0. The zero-order chi connectivity index (χ0) is 24.4. The third kappa shape index (κ3) is 8.02. The summed E-state index contributed by atoms with van der Waals surface area (Å²) < 4.78 is 37.6. The van der Waals surface area contributed by atoms with E-state index in [1.54, 1.807) is 14.2 Å². The van der Waals surface area contributed by atoms with Crippen molar-refractivity contribution in [1.29, 1.82) is 0 Å². The molecule has 0 heterocycles. The molecule has 0 aromatic heterocycles. The standard InChI is InChI=1S/C28H40O5S/c1-31-24-15-12-22(13-16-24)26-18-14-23-21-25(32-2)17-19-27(23)28(26)11-9-7-5-4-6-8-10-20-33-34(3,29)30/h12-13,15-17,19,21,26,28H,4-11,14,18,20H2,1-3H3. The molecule has 0 aliphatic heterocycles. The van der Waals surface area contributed by atoms with Crippen molar-refractivity contribution in [2.75, 3.05) is 27.1 Å². The smallest absolute Gasteiger partial charge is 0.264 e. The molecule has 0 saturated carbocycles. The lowest BCUT2D eigenvalue weighted by Gasteiger charge is -2.34. The van der Waals surface area contributed by atoms with Crippen LogP contribution in [0.5, 0.6) is 11.5 Å². The number of methoxy groups -OCH3 is 2. The predicted molar refractivity (Wildman–Crippen MR) is 138 cm³/mol. The van der Waals surface area contributed by atoms with Crippen molar-refractivity contribution in [2.45, 2.75) is 76.0 Å². The lowest BCUT2D eigenvalue weighted by molar-refractivity contribution is 0.309. The molecule has 3 rings (SSSR count). The van der Waals surface area contributed by atoms with Crippen LogP contribution in [-0.2, 0) is 20.7 Å². The number of rotatable bonds is 14. The molecule has 2 atom stereocenters. The Balaban J connectivity index is 1.52. The van der Waals surface area contributed by atoms with Gasteiger partial charge in [0.2, 0.25) is 0 Å². The summed E-state index contributed by atoms with van der Waals surface area (Å²) in [6, 6.07) is 15.2. The first-order valence-electron chi connectivity index (χ1n) is 12.6. The zero-order valence-corrected chi connectivity index (χ0v) is 21.7. The maximum absolute atomic E-state index is 11.0. The highest BCUT2D eigenvalue weighted by molar-refractivity contribution is 7.85. The number of unbranched alkanes of at least 4 members (excludes halogenated alkanes) is 6. The molecule has 1 aliphatic carbocycles. The fraction of sp³-hybridized carbons (Fsp3) is 0.571. The van der Waals surface area contributed by atoms with Crippen molar-refractivity contribution in [2.24, 2.45) is 0 Å².